The maximum atomic E-state index is 11.7. The van der Waals surface area contributed by atoms with Gasteiger partial charge in [0.05, 0.1) is 5.02 Å². The SMILES string of the molecule is CC(C)[C@H](C)NC(=O)COC(=O)/C=C/c1sc2ccccc2c1Cl. The molecule has 128 valence electrons. The molecule has 4 nitrogen and oxygen atoms in total. The van der Waals surface area contributed by atoms with Crippen LogP contribution in [0.4, 0.5) is 0 Å². The number of rotatable bonds is 6. The van der Waals surface area contributed by atoms with Crippen LogP contribution in [0, 0.1) is 5.92 Å². The van der Waals surface area contributed by atoms with Crippen LogP contribution in [0.5, 0.6) is 0 Å². The average Bonchev–Trinajstić information content (AvgIpc) is 2.87. The summed E-state index contributed by atoms with van der Waals surface area (Å²) in [6.07, 6.45) is 2.90. The number of thiophene rings is 1. The van der Waals surface area contributed by atoms with Gasteiger partial charge in [-0.25, -0.2) is 4.79 Å². The average molecular weight is 366 g/mol. The van der Waals surface area contributed by atoms with E-state index in [2.05, 4.69) is 5.32 Å². The number of hydrogen-bond acceptors (Lipinski definition) is 4. The summed E-state index contributed by atoms with van der Waals surface area (Å²) in [5, 5.41) is 4.35. The Hall–Kier alpha value is -1.85. The van der Waals surface area contributed by atoms with E-state index in [1.807, 2.05) is 45.0 Å². The Morgan fingerprint density at radius 1 is 1.29 bits per heavy atom. The lowest BCUT2D eigenvalue weighted by Gasteiger charge is -2.16. The summed E-state index contributed by atoms with van der Waals surface area (Å²) in [5.74, 6) is -0.562. The summed E-state index contributed by atoms with van der Waals surface area (Å²) in [7, 11) is 0. The molecule has 24 heavy (non-hydrogen) atoms. The first-order chi connectivity index (χ1) is 11.4. The maximum Gasteiger partial charge on any atom is 0.331 e. The van der Waals surface area contributed by atoms with Gasteiger partial charge in [-0.15, -0.1) is 11.3 Å². The molecule has 0 saturated heterocycles. The number of carbonyl (C=O) groups excluding carboxylic acids is 2. The smallest absolute Gasteiger partial charge is 0.331 e. The zero-order valence-electron chi connectivity index (χ0n) is 13.8. The summed E-state index contributed by atoms with van der Waals surface area (Å²) in [6, 6.07) is 7.79. The second-order valence-corrected chi connectivity index (χ2v) is 7.28. The monoisotopic (exact) mass is 365 g/mol. The van der Waals surface area contributed by atoms with Crippen molar-refractivity contribution in [1.82, 2.24) is 5.32 Å². The molecular weight excluding hydrogens is 346 g/mol. The lowest BCUT2D eigenvalue weighted by Crippen LogP contribution is -2.38. The van der Waals surface area contributed by atoms with Gasteiger partial charge >= 0.3 is 5.97 Å². The van der Waals surface area contributed by atoms with Gasteiger partial charge < -0.3 is 10.1 Å². The topological polar surface area (TPSA) is 55.4 Å². The van der Waals surface area contributed by atoms with Crippen LogP contribution in [0.25, 0.3) is 16.2 Å². The van der Waals surface area contributed by atoms with E-state index in [9.17, 15) is 9.59 Å². The number of ether oxygens (including phenoxy) is 1. The minimum atomic E-state index is -0.573. The third-order valence-electron chi connectivity index (χ3n) is 3.66. The van der Waals surface area contributed by atoms with Crippen molar-refractivity contribution >= 4 is 51.0 Å². The minimum Gasteiger partial charge on any atom is -0.452 e. The van der Waals surface area contributed by atoms with Gasteiger partial charge in [0.1, 0.15) is 0 Å². The van der Waals surface area contributed by atoms with Crippen molar-refractivity contribution in [2.45, 2.75) is 26.8 Å². The Labute approximate surface area is 150 Å². The Morgan fingerprint density at radius 2 is 2.00 bits per heavy atom. The van der Waals surface area contributed by atoms with Gasteiger partial charge in [0.2, 0.25) is 0 Å². The number of esters is 1. The molecule has 2 aromatic rings. The standard InChI is InChI=1S/C18H20ClNO3S/c1-11(2)12(3)20-16(21)10-23-17(22)9-8-15-18(19)13-6-4-5-7-14(13)24-15/h4-9,11-12H,10H2,1-3H3,(H,20,21)/b9-8+/t12-/m0/s1. The number of fused-ring (bicyclic) bond motifs is 1. The van der Waals surface area contributed by atoms with Gasteiger partial charge in [-0.2, -0.15) is 0 Å². The van der Waals surface area contributed by atoms with Gasteiger partial charge in [0, 0.05) is 27.1 Å². The largest absolute Gasteiger partial charge is 0.452 e. The van der Waals surface area contributed by atoms with Crippen LogP contribution in [-0.4, -0.2) is 24.5 Å². The molecule has 1 amide bonds. The van der Waals surface area contributed by atoms with E-state index >= 15 is 0 Å². The fraction of sp³-hybridized carbons (Fsp3) is 0.333. The highest BCUT2D eigenvalue weighted by atomic mass is 35.5. The highest BCUT2D eigenvalue weighted by molar-refractivity contribution is 7.20. The molecule has 0 fully saturated rings. The molecule has 1 aromatic heterocycles. The van der Waals surface area contributed by atoms with Crippen molar-refractivity contribution in [1.29, 1.82) is 0 Å². The fourth-order valence-electron chi connectivity index (χ4n) is 1.93. The number of nitrogens with one attached hydrogen (secondary N) is 1. The van der Waals surface area contributed by atoms with Gasteiger partial charge in [0.25, 0.3) is 5.91 Å². The first-order valence-corrected chi connectivity index (χ1v) is 8.89. The minimum absolute atomic E-state index is 0.0316. The molecule has 0 aliphatic carbocycles. The molecule has 0 radical (unpaired) electrons. The molecule has 6 heteroatoms. The van der Waals surface area contributed by atoms with Crippen LogP contribution >= 0.6 is 22.9 Å². The van der Waals surface area contributed by atoms with Crippen LogP contribution < -0.4 is 5.32 Å². The molecular formula is C18H20ClNO3S. The molecule has 0 aliphatic rings. The predicted octanol–water partition coefficient (Wildman–Crippen LogP) is 4.27. The molecule has 0 unspecified atom stereocenters. The molecule has 1 N–H and O–H groups in total. The third kappa shape index (κ3) is 4.82. The molecule has 0 saturated carbocycles. The molecule has 1 heterocycles. The predicted molar refractivity (Wildman–Crippen MR) is 99.3 cm³/mol. The molecule has 0 spiro atoms. The number of hydrogen-bond donors (Lipinski definition) is 1. The molecule has 1 aromatic carbocycles. The van der Waals surface area contributed by atoms with Crippen molar-refractivity contribution in [3.8, 4) is 0 Å². The van der Waals surface area contributed by atoms with E-state index in [0.717, 1.165) is 15.0 Å². The first-order valence-electron chi connectivity index (χ1n) is 7.69. The van der Waals surface area contributed by atoms with E-state index in [-0.39, 0.29) is 18.6 Å². The van der Waals surface area contributed by atoms with E-state index < -0.39 is 5.97 Å². The molecule has 1 atom stereocenters. The summed E-state index contributed by atoms with van der Waals surface area (Å²) >= 11 is 7.79. The normalized spacial score (nSPS) is 12.7. The Morgan fingerprint density at radius 3 is 2.67 bits per heavy atom. The van der Waals surface area contributed by atoms with Gasteiger partial charge in [-0.05, 0) is 25.0 Å². The highest BCUT2D eigenvalue weighted by Crippen LogP contribution is 2.35. The third-order valence-corrected chi connectivity index (χ3v) is 5.32. The Kier molecular flexibility index (Phi) is 6.40. The van der Waals surface area contributed by atoms with Crippen molar-refractivity contribution < 1.29 is 14.3 Å². The summed E-state index contributed by atoms with van der Waals surface area (Å²) in [5.41, 5.74) is 0. The zero-order valence-corrected chi connectivity index (χ0v) is 15.4. The Balaban J connectivity index is 1.90. The first kappa shape index (κ1) is 18.5. The summed E-state index contributed by atoms with van der Waals surface area (Å²) in [4.78, 5) is 24.2. The second kappa shape index (κ2) is 8.31. The van der Waals surface area contributed by atoms with Crippen LogP contribution in [-0.2, 0) is 14.3 Å². The maximum absolute atomic E-state index is 11.7. The van der Waals surface area contributed by atoms with Gasteiger partial charge in [-0.1, -0.05) is 43.6 Å². The fourth-order valence-corrected chi connectivity index (χ4v) is 3.33. The van der Waals surface area contributed by atoms with Crippen LogP contribution in [0.3, 0.4) is 0 Å². The molecule has 2 rings (SSSR count). The van der Waals surface area contributed by atoms with Crippen LogP contribution in [0.2, 0.25) is 5.02 Å². The summed E-state index contributed by atoms with van der Waals surface area (Å²) < 4.78 is 6.00. The van der Waals surface area contributed by atoms with E-state index in [1.54, 1.807) is 6.08 Å². The van der Waals surface area contributed by atoms with Crippen molar-refractivity contribution in [2.24, 2.45) is 5.92 Å². The quantitative estimate of drug-likeness (QED) is 0.614. The van der Waals surface area contributed by atoms with Crippen molar-refractivity contribution in [3.63, 3.8) is 0 Å². The Bertz CT molecular complexity index is 767. The highest BCUT2D eigenvalue weighted by Gasteiger charge is 2.12. The van der Waals surface area contributed by atoms with E-state index in [1.165, 1.54) is 17.4 Å². The van der Waals surface area contributed by atoms with Gasteiger partial charge in [-0.3, -0.25) is 4.79 Å². The van der Waals surface area contributed by atoms with E-state index in [4.69, 9.17) is 16.3 Å². The van der Waals surface area contributed by atoms with Crippen LogP contribution in [0.15, 0.2) is 30.3 Å². The second-order valence-electron chi connectivity index (χ2n) is 5.82. The van der Waals surface area contributed by atoms with Crippen molar-refractivity contribution in [2.75, 3.05) is 6.61 Å². The molecule has 0 bridgehead atoms. The van der Waals surface area contributed by atoms with Crippen LogP contribution in [0.1, 0.15) is 25.6 Å². The van der Waals surface area contributed by atoms with E-state index in [0.29, 0.717) is 10.9 Å². The lowest BCUT2D eigenvalue weighted by molar-refractivity contribution is -0.144. The number of amides is 1. The van der Waals surface area contributed by atoms with Gasteiger partial charge in [0.15, 0.2) is 6.61 Å². The number of halogens is 1. The zero-order chi connectivity index (χ0) is 17.7. The number of benzene rings is 1. The molecule has 0 aliphatic heterocycles. The lowest BCUT2D eigenvalue weighted by atomic mass is 10.1. The van der Waals surface area contributed by atoms with Crippen molar-refractivity contribution in [3.05, 3.63) is 40.2 Å². The summed E-state index contributed by atoms with van der Waals surface area (Å²) in [6.45, 7) is 5.64. The number of carbonyl (C=O) groups is 2.